The molecule has 3 aromatic carbocycles. The zero-order valence-electron chi connectivity index (χ0n) is 21.1. The number of fused-ring (bicyclic) bond motifs is 1. The zero-order chi connectivity index (χ0) is 24.2. The molecule has 4 aromatic rings. The van der Waals surface area contributed by atoms with Crippen molar-refractivity contribution in [2.24, 2.45) is 11.8 Å². The van der Waals surface area contributed by atoms with Gasteiger partial charge in [-0.3, -0.25) is 0 Å². The Morgan fingerprint density at radius 2 is 0.861 bits per heavy atom. The second-order valence-corrected chi connectivity index (χ2v) is 10.6. The highest BCUT2D eigenvalue weighted by molar-refractivity contribution is 5.81. The average Bonchev–Trinajstić information content (AvgIpc) is 2.94. The van der Waals surface area contributed by atoms with Crippen LogP contribution in [0.1, 0.15) is 36.8 Å². The van der Waals surface area contributed by atoms with Crippen molar-refractivity contribution in [1.29, 1.82) is 0 Å². The lowest BCUT2D eigenvalue weighted by Crippen LogP contribution is -2.39. The van der Waals surface area contributed by atoms with Crippen LogP contribution in [-0.4, -0.2) is 36.1 Å². The van der Waals surface area contributed by atoms with Gasteiger partial charge in [-0.15, -0.1) is 0 Å². The van der Waals surface area contributed by atoms with Crippen molar-refractivity contribution in [3.8, 4) is 0 Å². The molecule has 184 valence electrons. The summed E-state index contributed by atoms with van der Waals surface area (Å²) in [7, 11) is 0. The number of rotatable bonds is 6. The summed E-state index contributed by atoms with van der Waals surface area (Å²) < 4.78 is 0. The van der Waals surface area contributed by atoms with Crippen molar-refractivity contribution in [3.63, 3.8) is 0 Å². The monoisotopic (exact) mass is 476 g/mol. The highest BCUT2D eigenvalue weighted by atomic mass is 15.3. The van der Waals surface area contributed by atoms with Crippen molar-refractivity contribution in [3.05, 3.63) is 96.1 Å². The summed E-state index contributed by atoms with van der Waals surface area (Å²) in [6.45, 7) is 4.23. The van der Waals surface area contributed by atoms with E-state index in [1.807, 2.05) is 0 Å². The lowest BCUT2D eigenvalue weighted by molar-refractivity contribution is 0.396. The normalized spacial score (nSPS) is 17.6. The van der Waals surface area contributed by atoms with E-state index in [-0.39, 0.29) is 0 Å². The number of aromatic nitrogens is 2. The Bertz CT molecular complexity index is 1160. The molecule has 2 saturated heterocycles. The number of hydrogen-bond acceptors (Lipinski definition) is 4. The minimum absolute atomic E-state index is 0.745. The Kier molecular flexibility index (Phi) is 6.84. The lowest BCUT2D eigenvalue weighted by Gasteiger charge is -2.38. The van der Waals surface area contributed by atoms with E-state index in [9.17, 15) is 0 Å². The fourth-order valence-corrected chi connectivity index (χ4v) is 6.00. The number of benzene rings is 3. The Balaban J connectivity index is 1.17. The maximum absolute atomic E-state index is 5.19. The van der Waals surface area contributed by atoms with Gasteiger partial charge in [0.05, 0.1) is 11.0 Å². The van der Waals surface area contributed by atoms with Crippen molar-refractivity contribution < 1.29 is 0 Å². The second kappa shape index (κ2) is 10.7. The summed E-state index contributed by atoms with van der Waals surface area (Å²) in [5.41, 5.74) is 4.92. The molecule has 0 atom stereocenters. The number of hydrogen-bond donors (Lipinski definition) is 0. The van der Waals surface area contributed by atoms with Gasteiger partial charge < -0.3 is 9.80 Å². The minimum atomic E-state index is 0.745. The Morgan fingerprint density at radius 3 is 1.25 bits per heavy atom. The van der Waals surface area contributed by atoms with E-state index in [1.165, 1.54) is 49.7 Å². The van der Waals surface area contributed by atoms with Gasteiger partial charge in [-0.25, -0.2) is 9.97 Å². The van der Waals surface area contributed by atoms with E-state index in [4.69, 9.17) is 9.97 Å². The molecule has 2 aliphatic heterocycles. The smallest absolute Gasteiger partial charge is 0.172 e. The predicted molar refractivity (Wildman–Crippen MR) is 150 cm³/mol. The maximum Gasteiger partial charge on any atom is 0.172 e. The molecule has 3 heterocycles. The van der Waals surface area contributed by atoms with Gasteiger partial charge in [0, 0.05) is 26.2 Å². The van der Waals surface area contributed by atoms with Crippen LogP contribution < -0.4 is 9.80 Å². The molecular weight excluding hydrogens is 440 g/mol. The molecule has 0 amide bonds. The van der Waals surface area contributed by atoms with E-state index in [0.29, 0.717) is 0 Å². The number of nitrogens with zero attached hydrogens (tertiary/aromatic N) is 4. The van der Waals surface area contributed by atoms with Crippen LogP contribution in [-0.2, 0) is 12.8 Å². The van der Waals surface area contributed by atoms with Crippen molar-refractivity contribution in [1.82, 2.24) is 9.97 Å². The van der Waals surface area contributed by atoms with Crippen LogP contribution in [0.3, 0.4) is 0 Å². The van der Waals surface area contributed by atoms with Crippen LogP contribution >= 0.6 is 0 Å². The minimum Gasteiger partial charge on any atom is -0.354 e. The summed E-state index contributed by atoms with van der Waals surface area (Å²) in [6.07, 6.45) is 7.20. The van der Waals surface area contributed by atoms with E-state index < -0.39 is 0 Å². The molecule has 0 bridgehead atoms. The quantitative estimate of drug-likeness (QED) is 0.316. The maximum atomic E-state index is 5.19. The van der Waals surface area contributed by atoms with E-state index in [1.54, 1.807) is 0 Å². The molecule has 2 aliphatic rings. The molecule has 0 spiro atoms. The van der Waals surface area contributed by atoms with Gasteiger partial charge >= 0.3 is 0 Å². The molecule has 0 aliphatic carbocycles. The first-order chi connectivity index (χ1) is 17.8. The number of anilines is 2. The summed E-state index contributed by atoms with van der Waals surface area (Å²) in [5, 5.41) is 0. The van der Waals surface area contributed by atoms with Gasteiger partial charge in [-0.1, -0.05) is 72.8 Å². The van der Waals surface area contributed by atoms with Crippen LogP contribution in [0.5, 0.6) is 0 Å². The van der Waals surface area contributed by atoms with Gasteiger partial charge in [0.1, 0.15) is 0 Å². The van der Waals surface area contributed by atoms with Crippen LogP contribution in [0.4, 0.5) is 11.6 Å². The van der Waals surface area contributed by atoms with Gasteiger partial charge in [0.25, 0.3) is 0 Å². The molecule has 1 aromatic heterocycles. The molecule has 0 radical (unpaired) electrons. The first-order valence-corrected chi connectivity index (χ1v) is 13.7. The van der Waals surface area contributed by atoms with Gasteiger partial charge in [0.15, 0.2) is 11.6 Å². The van der Waals surface area contributed by atoms with Crippen molar-refractivity contribution in [2.45, 2.75) is 38.5 Å². The molecule has 0 N–H and O–H groups in total. The second-order valence-electron chi connectivity index (χ2n) is 10.6. The SMILES string of the molecule is c1ccc(CC2CCN(c3nc4ccccc4nc3N3CCC(Cc4ccccc4)CC3)CC2)cc1. The summed E-state index contributed by atoms with van der Waals surface area (Å²) in [6, 6.07) is 30.2. The van der Waals surface area contributed by atoms with E-state index in [2.05, 4.69) is 94.7 Å². The Hall–Kier alpha value is -3.40. The summed E-state index contributed by atoms with van der Waals surface area (Å²) in [4.78, 5) is 15.4. The van der Waals surface area contributed by atoms with Gasteiger partial charge in [-0.05, 0) is 73.6 Å². The third-order valence-electron chi connectivity index (χ3n) is 8.10. The Morgan fingerprint density at radius 1 is 0.500 bits per heavy atom. The fourth-order valence-electron chi connectivity index (χ4n) is 6.00. The molecular formula is C32H36N4. The molecule has 2 fully saturated rings. The Labute approximate surface area is 215 Å². The predicted octanol–water partition coefficient (Wildman–Crippen LogP) is 6.55. The van der Waals surface area contributed by atoms with Gasteiger partial charge in [-0.2, -0.15) is 0 Å². The van der Waals surface area contributed by atoms with Crippen LogP contribution in [0.25, 0.3) is 11.0 Å². The molecule has 0 saturated carbocycles. The third-order valence-corrected chi connectivity index (χ3v) is 8.10. The topological polar surface area (TPSA) is 32.3 Å². The fraction of sp³-hybridized carbons (Fsp3) is 0.375. The largest absolute Gasteiger partial charge is 0.354 e. The molecule has 0 unspecified atom stereocenters. The highest BCUT2D eigenvalue weighted by Crippen LogP contribution is 2.34. The summed E-state index contributed by atoms with van der Waals surface area (Å²) in [5.74, 6) is 3.67. The third kappa shape index (κ3) is 5.23. The lowest BCUT2D eigenvalue weighted by atomic mass is 9.89. The standard InChI is InChI=1S/C32H36N4/c1-3-9-25(10-4-1)23-27-15-19-35(20-16-27)31-32(34-30-14-8-7-13-29(30)33-31)36-21-17-28(18-22-36)24-26-11-5-2-6-12-26/h1-14,27-28H,15-24H2. The van der Waals surface area contributed by atoms with E-state index in [0.717, 1.165) is 60.7 Å². The first-order valence-electron chi connectivity index (χ1n) is 13.7. The van der Waals surface area contributed by atoms with Crippen molar-refractivity contribution in [2.75, 3.05) is 36.0 Å². The van der Waals surface area contributed by atoms with Crippen molar-refractivity contribution >= 4 is 22.7 Å². The van der Waals surface area contributed by atoms with Gasteiger partial charge in [0.2, 0.25) is 0 Å². The zero-order valence-corrected chi connectivity index (χ0v) is 21.1. The first kappa shape index (κ1) is 23.0. The van der Waals surface area contributed by atoms with Crippen LogP contribution in [0.15, 0.2) is 84.9 Å². The van der Waals surface area contributed by atoms with Crippen LogP contribution in [0, 0.1) is 11.8 Å². The van der Waals surface area contributed by atoms with E-state index >= 15 is 0 Å². The average molecular weight is 477 g/mol. The molecule has 4 heteroatoms. The molecule has 36 heavy (non-hydrogen) atoms. The molecule has 4 nitrogen and oxygen atoms in total. The number of piperidine rings is 2. The highest BCUT2D eigenvalue weighted by Gasteiger charge is 2.28. The van der Waals surface area contributed by atoms with Crippen LogP contribution in [0.2, 0.25) is 0 Å². The molecule has 6 rings (SSSR count). The number of para-hydroxylation sites is 2. The summed E-state index contributed by atoms with van der Waals surface area (Å²) >= 11 is 0.